The summed E-state index contributed by atoms with van der Waals surface area (Å²) in [6, 6.07) is 7.13. The van der Waals surface area contributed by atoms with Crippen LogP contribution in [0.2, 0.25) is 0 Å². The molecule has 1 saturated heterocycles. The van der Waals surface area contributed by atoms with E-state index in [0.29, 0.717) is 24.1 Å². The molecule has 1 aliphatic carbocycles. The zero-order valence-corrected chi connectivity index (χ0v) is 16.3. The van der Waals surface area contributed by atoms with Crippen LogP contribution in [0.25, 0.3) is 0 Å². The summed E-state index contributed by atoms with van der Waals surface area (Å²) >= 11 is 0. The zero-order chi connectivity index (χ0) is 17.9. The van der Waals surface area contributed by atoms with Crippen LogP contribution in [0.3, 0.4) is 0 Å². The first-order valence-electron chi connectivity index (χ1n) is 9.71. The first-order chi connectivity index (χ1) is 12.0. The molecule has 1 aromatic rings. The van der Waals surface area contributed by atoms with E-state index in [1.807, 2.05) is 19.1 Å². The van der Waals surface area contributed by atoms with Crippen molar-refractivity contribution < 1.29 is 13.2 Å². The van der Waals surface area contributed by atoms with Gasteiger partial charge >= 0.3 is 0 Å². The summed E-state index contributed by atoms with van der Waals surface area (Å²) in [5, 5.41) is 0. The minimum absolute atomic E-state index is 0.215. The highest BCUT2D eigenvalue weighted by Crippen LogP contribution is 2.31. The van der Waals surface area contributed by atoms with Gasteiger partial charge in [0.25, 0.3) is 0 Å². The van der Waals surface area contributed by atoms with E-state index in [-0.39, 0.29) is 6.10 Å². The quantitative estimate of drug-likeness (QED) is 0.788. The van der Waals surface area contributed by atoms with Gasteiger partial charge in [0.15, 0.2) is 0 Å². The predicted octanol–water partition coefficient (Wildman–Crippen LogP) is 4.13. The number of nitrogens with zero attached hydrogens (tertiary/aromatic N) is 1. The fourth-order valence-electron chi connectivity index (χ4n) is 4.02. The lowest BCUT2D eigenvalue weighted by molar-refractivity contribution is -0.0543. The highest BCUT2D eigenvalue weighted by Gasteiger charge is 2.31. The molecule has 0 bridgehead atoms. The van der Waals surface area contributed by atoms with Gasteiger partial charge in [0.2, 0.25) is 10.0 Å². The lowest BCUT2D eigenvalue weighted by Gasteiger charge is -2.35. The first-order valence-corrected chi connectivity index (χ1v) is 11.2. The van der Waals surface area contributed by atoms with E-state index in [0.717, 1.165) is 24.3 Å². The highest BCUT2D eigenvalue weighted by atomic mass is 32.2. The Kier molecular flexibility index (Phi) is 6.18. The summed E-state index contributed by atoms with van der Waals surface area (Å²) in [5.41, 5.74) is 1.07. The Bertz CT molecular complexity index is 640. The van der Waals surface area contributed by atoms with Crippen molar-refractivity contribution in [1.82, 2.24) is 4.31 Å². The van der Waals surface area contributed by atoms with Crippen molar-refractivity contribution in [2.24, 2.45) is 5.92 Å². The molecule has 4 nitrogen and oxygen atoms in total. The number of hydrogen-bond acceptors (Lipinski definition) is 3. The summed E-state index contributed by atoms with van der Waals surface area (Å²) in [5.74, 6) is 0.876. The summed E-state index contributed by atoms with van der Waals surface area (Å²) in [6.45, 7) is 5.36. The van der Waals surface area contributed by atoms with Crippen molar-refractivity contribution in [2.45, 2.75) is 75.9 Å². The number of hydrogen-bond donors (Lipinski definition) is 0. The summed E-state index contributed by atoms with van der Waals surface area (Å²) in [4.78, 5) is 0.398. The zero-order valence-electron chi connectivity index (χ0n) is 15.5. The Morgan fingerprint density at radius 2 is 1.52 bits per heavy atom. The topological polar surface area (TPSA) is 46.6 Å². The smallest absolute Gasteiger partial charge is 0.243 e. The number of ether oxygens (including phenoxy) is 1. The van der Waals surface area contributed by atoms with Crippen LogP contribution < -0.4 is 0 Å². The summed E-state index contributed by atoms with van der Waals surface area (Å²) in [7, 11) is -3.37. The second-order valence-electron chi connectivity index (χ2n) is 7.60. The molecule has 3 rings (SSSR count). The lowest BCUT2D eigenvalue weighted by atomic mass is 9.85. The van der Waals surface area contributed by atoms with E-state index in [9.17, 15) is 8.42 Å². The third kappa shape index (κ3) is 4.63. The number of benzene rings is 1. The maximum atomic E-state index is 12.7. The molecule has 140 valence electrons. The Hall–Kier alpha value is -0.910. The third-order valence-electron chi connectivity index (χ3n) is 5.82. The predicted molar refractivity (Wildman–Crippen MR) is 100 cm³/mol. The van der Waals surface area contributed by atoms with Gasteiger partial charge < -0.3 is 4.74 Å². The van der Waals surface area contributed by atoms with Gasteiger partial charge in [0.05, 0.1) is 17.1 Å². The molecule has 0 unspecified atom stereocenters. The SMILES string of the molecule is CCC1CCC(OC2CCN(S(=O)(=O)c3ccc(C)cc3)CC2)CC1. The van der Waals surface area contributed by atoms with Crippen LogP contribution in [0.4, 0.5) is 0 Å². The molecule has 0 spiro atoms. The maximum absolute atomic E-state index is 12.7. The van der Waals surface area contributed by atoms with Gasteiger partial charge in [-0.25, -0.2) is 8.42 Å². The highest BCUT2D eigenvalue weighted by molar-refractivity contribution is 7.89. The van der Waals surface area contributed by atoms with E-state index >= 15 is 0 Å². The fourth-order valence-corrected chi connectivity index (χ4v) is 5.49. The fraction of sp³-hybridized carbons (Fsp3) is 0.700. The first kappa shape index (κ1) is 18.9. The van der Waals surface area contributed by atoms with Crippen molar-refractivity contribution in [3.63, 3.8) is 0 Å². The second-order valence-corrected chi connectivity index (χ2v) is 9.54. The standard InChI is InChI=1S/C20H31NO3S/c1-3-17-6-8-18(9-7-17)24-19-12-14-21(15-13-19)25(22,23)20-10-4-16(2)5-11-20/h4-5,10-11,17-19H,3,6-9,12-15H2,1-2H3. The number of sulfonamides is 1. The van der Waals surface area contributed by atoms with Crippen molar-refractivity contribution >= 4 is 10.0 Å². The van der Waals surface area contributed by atoms with Gasteiger partial charge in [0.1, 0.15) is 0 Å². The maximum Gasteiger partial charge on any atom is 0.243 e. The van der Waals surface area contributed by atoms with E-state index < -0.39 is 10.0 Å². The molecule has 2 fully saturated rings. The Morgan fingerprint density at radius 3 is 2.08 bits per heavy atom. The largest absolute Gasteiger partial charge is 0.375 e. The van der Waals surface area contributed by atoms with Gasteiger partial charge in [-0.2, -0.15) is 4.31 Å². The van der Waals surface area contributed by atoms with Crippen molar-refractivity contribution in [2.75, 3.05) is 13.1 Å². The Morgan fingerprint density at radius 1 is 0.960 bits per heavy atom. The van der Waals surface area contributed by atoms with E-state index in [1.165, 1.54) is 32.1 Å². The molecule has 0 aromatic heterocycles. The minimum Gasteiger partial charge on any atom is -0.375 e. The molecule has 1 aromatic carbocycles. The minimum atomic E-state index is -3.37. The monoisotopic (exact) mass is 365 g/mol. The molecular weight excluding hydrogens is 334 g/mol. The number of rotatable bonds is 5. The van der Waals surface area contributed by atoms with Crippen LogP contribution in [-0.2, 0) is 14.8 Å². The van der Waals surface area contributed by atoms with Crippen LogP contribution >= 0.6 is 0 Å². The van der Waals surface area contributed by atoms with Gasteiger partial charge in [-0.1, -0.05) is 31.0 Å². The molecule has 5 heteroatoms. The van der Waals surface area contributed by atoms with Gasteiger partial charge in [-0.3, -0.25) is 0 Å². The molecule has 0 N–H and O–H groups in total. The average Bonchev–Trinajstić information content (AvgIpc) is 2.63. The lowest BCUT2D eigenvalue weighted by Crippen LogP contribution is -2.42. The van der Waals surface area contributed by atoms with Crippen LogP contribution in [0.15, 0.2) is 29.2 Å². The summed E-state index contributed by atoms with van der Waals surface area (Å²) in [6.07, 6.45) is 8.38. The second kappa shape index (κ2) is 8.19. The summed E-state index contributed by atoms with van der Waals surface area (Å²) < 4.78 is 33.4. The Balaban J connectivity index is 1.51. The van der Waals surface area contributed by atoms with Crippen LogP contribution in [-0.4, -0.2) is 38.0 Å². The van der Waals surface area contributed by atoms with Gasteiger partial charge in [-0.05, 0) is 63.5 Å². The van der Waals surface area contributed by atoms with Crippen LogP contribution in [0.5, 0.6) is 0 Å². The molecule has 1 saturated carbocycles. The van der Waals surface area contributed by atoms with Crippen LogP contribution in [0, 0.1) is 12.8 Å². The molecule has 1 aliphatic heterocycles. The average molecular weight is 366 g/mol. The van der Waals surface area contributed by atoms with Gasteiger partial charge in [0, 0.05) is 13.1 Å². The normalized spacial score (nSPS) is 26.6. The molecule has 0 atom stereocenters. The molecule has 2 aliphatic rings. The van der Waals surface area contributed by atoms with Crippen molar-refractivity contribution in [3.8, 4) is 0 Å². The van der Waals surface area contributed by atoms with Crippen molar-refractivity contribution in [1.29, 1.82) is 0 Å². The molecule has 1 heterocycles. The molecular formula is C20H31NO3S. The van der Waals surface area contributed by atoms with Gasteiger partial charge in [-0.15, -0.1) is 0 Å². The molecule has 0 amide bonds. The van der Waals surface area contributed by atoms with Crippen molar-refractivity contribution in [3.05, 3.63) is 29.8 Å². The van der Waals surface area contributed by atoms with E-state index in [1.54, 1.807) is 16.4 Å². The van der Waals surface area contributed by atoms with Crippen LogP contribution in [0.1, 0.15) is 57.4 Å². The number of piperidine rings is 1. The third-order valence-corrected chi connectivity index (χ3v) is 7.73. The Labute approximate surface area is 152 Å². The molecule has 25 heavy (non-hydrogen) atoms. The molecule has 0 radical (unpaired) electrons. The number of aryl methyl sites for hydroxylation is 1. The van der Waals surface area contributed by atoms with E-state index in [2.05, 4.69) is 6.92 Å². The van der Waals surface area contributed by atoms with E-state index in [4.69, 9.17) is 4.74 Å².